The molecule has 1 unspecified atom stereocenters. The van der Waals surface area contributed by atoms with Gasteiger partial charge in [-0.05, 0) is 25.8 Å². The van der Waals surface area contributed by atoms with Crippen LogP contribution in [0.2, 0.25) is 0 Å². The lowest BCUT2D eigenvalue weighted by Crippen LogP contribution is -2.21. The number of rotatable bonds is 8. The van der Waals surface area contributed by atoms with E-state index in [0.29, 0.717) is 29.9 Å². The molecule has 0 saturated carbocycles. The maximum Gasteiger partial charge on any atom is 0.320 e. The number of benzene rings is 1. The molecule has 0 bridgehead atoms. The Morgan fingerprint density at radius 2 is 1.96 bits per heavy atom. The van der Waals surface area contributed by atoms with Crippen LogP contribution in [-0.4, -0.2) is 37.3 Å². The number of aliphatic hydroxyl groups excluding tert-OH is 1. The highest BCUT2D eigenvalue weighted by atomic mass is 16.5. The summed E-state index contributed by atoms with van der Waals surface area (Å²) in [5.74, 6) is 0.626. The molecule has 2 heterocycles. The Labute approximate surface area is 153 Å². The molecule has 7 heteroatoms. The number of hydrogen-bond acceptors (Lipinski definition) is 6. The Kier molecular flexibility index (Phi) is 5.68. The topological polar surface area (TPSA) is 85.1 Å². The number of hydrogen-bond donors (Lipinski definition) is 2. The van der Waals surface area contributed by atoms with Gasteiger partial charge in [-0.15, -0.1) is 0 Å². The van der Waals surface area contributed by atoms with Crippen molar-refractivity contribution in [3.8, 4) is 6.01 Å². The van der Waals surface area contributed by atoms with Crippen LogP contribution >= 0.6 is 0 Å². The zero-order valence-corrected chi connectivity index (χ0v) is 15.4. The molecule has 1 aromatic carbocycles. The first kappa shape index (κ1) is 18.1. The second kappa shape index (κ2) is 8.14. The van der Waals surface area contributed by atoms with E-state index < -0.39 is 0 Å². The summed E-state index contributed by atoms with van der Waals surface area (Å²) >= 11 is 0. The average Bonchev–Trinajstić information content (AvgIpc) is 3.09. The SMILES string of the molecule is CCC(CO)Oc1nc(NCc2ccccc2)c2ncn(C(C)C)c2n1. The minimum Gasteiger partial charge on any atom is -0.458 e. The summed E-state index contributed by atoms with van der Waals surface area (Å²) in [7, 11) is 0. The molecule has 0 aliphatic heterocycles. The lowest BCUT2D eigenvalue weighted by molar-refractivity contribution is 0.104. The number of aromatic nitrogens is 4. The lowest BCUT2D eigenvalue weighted by Gasteiger charge is -2.15. The molecular weight excluding hydrogens is 330 g/mol. The summed E-state index contributed by atoms with van der Waals surface area (Å²) in [6.07, 6.45) is 2.11. The highest BCUT2D eigenvalue weighted by molar-refractivity contribution is 5.83. The largest absolute Gasteiger partial charge is 0.458 e. The van der Waals surface area contributed by atoms with Crippen molar-refractivity contribution in [3.63, 3.8) is 0 Å². The molecule has 1 atom stereocenters. The highest BCUT2D eigenvalue weighted by Gasteiger charge is 2.17. The zero-order chi connectivity index (χ0) is 18.5. The van der Waals surface area contributed by atoms with Crippen LogP contribution in [0, 0.1) is 0 Å². The molecular formula is C19H25N5O2. The normalized spacial score (nSPS) is 12.5. The summed E-state index contributed by atoms with van der Waals surface area (Å²) < 4.78 is 7.75. The fourth-order valence-corrected chi connectivity index (χ4v) is 2.63. The fraction of sp³-hybridized carbons (Fsp3) is 0.421. The van der Waals surface area contributed by atoms with Gasteiger partial charge in [-0.1, -0.05) is 37.3 Å². The van der Waals surface area contributed by atoms with Crippen LogP contribution in [0.5, 0.6) is 6.01 Å². The van der Waals surface area contributed by atoms with Crippen LogP contribution in [0.25, 0.3) is 11.2 Å². The third-order valence-electron chi connectivity index (χ3n) is 4.19. The second-order valence-electron chi connectivity index (χ2n) is 6.44. The van der Waals surface area contributed by atoms with Gasteiger partial charge in [0.15, 0.2) is 17.0 Å². The van der Waals surface area contributed by atoms with Gasteiger partial charge in [0.2, 0.25) is 0 Å². The molecule has 0 spiro atoms. The van der Waals surface area contributed by atoms with Crippen LogP contribution in [0.4, 0.5) is 5.82 Å². The number of nitrogens with one attached hydrogen (secondary N) is 1. The van der Waals surface area contributed by atoms with Crippen molar-refractivity contribution in [2.24, 2.45) is 0 Å². The minimum absolute atomic E-state index is 0.0753. The number of aliphatic hydroxyl groups is 1. The number of fused-ring (bicyclic) bond motifs is 1. The van der Waals surface area contributed by atoms with Gasteiger partial charge in [0.25, 0.3) is 0 Å². The van der Waals surface area contributed by atoms with Gasteiger partial charge in [0.1, 0.15) is 6.10 Å². The van der Waals surface area contributed by atoms with Gasteiger partial charge in [-0.2, -0.15) is 9.97 Å². The monoisotopic (exact) mass is 355 g/mol. The minimum atomic E-state index is -0.329. The summed E-state index contributed by atoms with van der Waals surface area (Å²) in [6.45, 7) is 6.64. The number of ether oxygens (including phenoxy) is 1. The Morgan fingerprint density at radius 1 is 1.19 bits per heavy atom. The molecule has 138 valence electrons. The highest BCUT2D eigenvalue weighted by Crippen LogP contribution is 2.25. The standard InChI is InChI=1S/C19H25N5O2/c1-4-15(11-25)26-19-22-17(20-10-14-8-6-5-7-9-14)16-18(23-19)24(12-21-16)13(2)3/h5-9,12-13,15,25H,4,10-11H2,1-3H3,(H,20,22,23). The molecule has 0 radical (unpaired) electrons. The molecule has 7 nitrogen and oxygen atoms in total. The average molecular weight is 355 g/mol. The first-order chi connectivity index (χ1) is 12.6. The molecule has 0 fully saturated rings. The van der Waals surface area contributed by atoms with E-state index in [0.717, 1.165) is 5.56 Å². The Balaban J connectivity index is 1.96. The van der Waals surface area contributed by atoms with Crippen LogP contribution in [-0.2, 0) is 6.54 Å². The number of anilines is 1. The van der Waals surface area contributed by atoms with E-state index in [1.54, 1.807) is 6.33 Å². The molecule has 26 heavy (non-hydrogen) atoms. The van der Waals surface area contributed by atoms with Crippen molar-refractivity contribution in [3.05, 3.63) is 42.2 Å². The molecule has 0 aliphatic rings. The van der Waals surface area contributed by atoms with Gasteiger partial charge in [-0.25, -0.2) is 4.98 Å². The van der Waals surface area contributed by atoms with Gasteiger partial charge in [-0.3, -0.25) is 0 Å². The van der Waals surface area contributed by atoms with E-state index in [4.69, 9.17) is 4.74 Å². The van der Waals surface area contributed by atoms with Crippen molar-refractivity contribution in [1.82, 2.24) is 19.5 Å². The van der Waals surface area contributed by atoms with Gasteiger partial charge in [0.05, 0.1) is 12.9 Å². The van der Waals surface area contributed by atoms with Crippen molar-refractivity contribution in [2.75, 3.05) is 11.9 Å². The third-order valence-corrected chi connectivity index (χ3v) is 4.19. The summed E-state index contributed by atoms with van der Waals surface area (Å²) in [6, 6.07) is 10.6. The van der Waals surface area contributed by atoms with Crippen molar-refractivity contribution < 1.29 is 9.84 Å². The van der Waals surface area contributed by atoms with E-state index in [-0.39, 0.29) is 24.8 Å². The van der Waals surface area contributed by atoms with E-state index in [1.807, 2.05) is 41.8 Å². The Morgan fingerprint density at radius 3 is 2.62 bits per heavy atom. The van der Waals surface area contributed by atoms with E-state index in [1.165, 1.54) is 0 Å². The maximum absolute atomic E-state index is 9.41. The second-order valence-corrected chi connectivity index (χ2v) is 6.44. The molecule has 0 aliphatic carbocycles. The predicted molar refractivity (Wildman–Crippen MR) is 101 cm³/mol. The molecule has 0 amide bonds. The molecule has 3 aromatic rings. The van der Waals surface area contributed by atoms with E-state index in [9.17, 15) is 5.11 Å². The van der Waals surface area contributed by atoms with Crippen molar-refractivity contribution >= 4 is 17.0 Å². The van der Waals surface area contributed by atoms with Gasteiger partial charge in [0, 0.05) is 12.6 Å². The van der Waals surface area contributed by atoms with Gasteiger partial charge < -0.3 is 19.7 Å². The molecule has 2 N–H and O–H groups in total. The van der Waals surface area contributed by atoms with E-state index in [2.05, 4.69) is 34.1 Å². The summed E-state index contributed by atoms with van der Waals surface area (Å²) in [5.41, 5.74) is 2.57. The van der Waals surface area contributed by atoms with Crippen molar-refractivity contribution in [1.29, 1.82) is 0 Å². The first-order valence-electron chi connectivity index (χ1n) is 8.92. The van der Waals surface area contributed by atoms with Crippen LogP contribution in [0.3, 0.4) is 0 Å². The molecule has 3 rings (SSSR count). The molecule has 2 aromatic heterocycles. The first-order valence-corrected chi connectivity index (χ1v) is 8.92. The quantitative estimate of drug-likeness (QED) is 0.645. The van der Waals surface area contributed by atoms with Crippen LogP contribution in [0.1, 0.15) is 38.8 Å². The summed E-state index contributed by atoms with van der Waals surface area (Å²) in [4.78, 5) is 13.5. The smallest absolute Gasteiger partial charge is 0.320 e. The maximum atomic E-state index is 9.41. The third kappa shape index (κ3) is 3.94. The predicted octanol–water partition coefficient (Wildman–Crippen LogP) is 3.17. The van der Waals surface area contributed by atoms with Gasteiger partial charge >= 0.3 is 6.01 Å². The Hall–Kier alpha value is -2.67. The van der Waals surface area contributed by atoms with Crippen LogP contribution in [0.15, 0.2) is 36.7 Å². The fourth-order valence-electron chi connectivity index (χ4n) is 2.63. The van der Waals surface area contributed by atoms with Crippen molar-refractivity contribution in [2.45, 2.75) is 45.9 Å². The molecule has 0 saturated heterocycles. The number of nitrogens with zero attached hydrogens (tertiary/aromatic N) is 4. The zero-order valence-electron chi connectivity index (χ0n) is 15.4. The number of imidazole rings is 1. The van der Waals surface area contributed by atoms with Crippen LogP contribution < -0.4 is 10.1 Å². The Bertz CT molecular complexity index is 844. The summed E-state index contributed by atoms with van der Waals surface area (Å²) in [5, 5.41) is 12.7. The van der Waals surface area contributed by atoms with E-state index >= 15 is 0 Å². The lowest BCUT2D eigenvalue weighted by atomic mass is 10.2.